The van der Waals surface area contributed by atoms with Gasteiger partial charge in [0.15, 0.2) is 5.11 Å². The second kappa shape index (κ2) is 7.76. The Hall–Kier alpha value is -1.91. The third-order valence-corrected chi connectivity index (χ3v) is 3.59. The van der Waals surface area contributed by atoms with Crippen LogP contribution < -0.4 is 16.4 Å². The third kappa shape index (κ3) is 4.28. The van der Waals surface area contributed by atoms with E-state index in [1.807, 2.05) is 55.5 Å². The highest BCUT2D eigenvalue weighted by molar-refractivity contribution is 7.80. The van der Waals surface area contributed by atoms with E-state index in [2.05, 4.69) is 22.8 Å². The molecule has 110 valence electrons. The lowest BCUT2D eigenvalue weighted by molar-refractivity contribution is 0.521. The molecule has 0 unspecified atom stereocenters. The summed E-state index contributed by atoms with van der Waals surface area (Å²) in [6, 6.07) is 20.0. The van der Waals surface area contributed by atoms with Crippen molar-refractivity contribution in [1.82, 2.24) is 10.6 Å². The van der Waals surface area contributed by atoms with Crippen LogP contribution >= 0.6 is 12.2 Å². The molecule has 0 aliphatic heterocycles. The number of hydrogen-bond acceptors (Lipinski definition) is 2. The number of hydrogen-bond donors (Lipinski definition) is 3. The fourth-order valence-electron chi connectivity index (χ4n) is 2.26. The summed E-state index contributed by atoms with van der Waals surface area (Å²) in [6.45, 7) is 2.80. The van der Waals surface area contributed by atoms with Crippen LogP contribution in [0.2, 0.25) is 0 Å². The van der Waals surface area contributed by atoms with Crippen molar-refractivity contribution in [1.29, 1.82) is 0 Å². The maximum Gasteiger partial charge on any atom is 0.166 e. The van der Waals surface area contributed by atoms with Gasteiger partial charge in [-0.05, 0) is 30.3 Å². The van der Waals surface area contributed by atoms with Crippen LogP contribution in [0.1, 0.15) is 30.1 Å². The Labute approximate surface area is 131 Å². The summed E-state index contributed by atoms with van der Waals surface area (Å²) in [5.74, 6) is 0. The number of thiocarbonyl (C=S) groups is 1. The smallest absolute Gasteiger partial charge is 0.166 e. The zero-order valence-corrected chi connectivity index (χ0v) is 12.9. The van der Waals surface area contributed by atoms with E-state index in [9.17, 15) is 0 Å². The molecule has 0 saturated heterocycles. The van der Waals surface area contributed by atoms with Crippen molar-refractivity contribution >= 4 is 17.3 Å². The predicted molar refractivity (Wildman–Crippen MR) is 92.0 cm³/mol. The summed E-state index contributed by atoms with van der Waals surface area (Å²) in [5.41, 5.74) is 8.67. The van der Waals surface area contributed by atoms with Gasteiger partial charge in [0.25, 0.3) is 0 Å². The first-order chi connectivity index (χ1) is 10.2. The first kappa shape index (κ1) is 15.5. The fraction of sp³-hybridized carbons (Fsp3) is 0.235. The topological polar surface area (TPSA) is 50.1 Å². The molecule has 0 aliphatic carbocycles. The molecule has 4 N–H and O–H groups in total. The summed E-state index contributed by atoms with van der Waals surface area (Å²) in [5, 5.41) is 7.07. The van der Waals surface area contributed by atoms with Crippen LogP contribution in [-0.4, -0.2) is 11.7 Å². The molecular weight excluding hydrogens is 278 g/mol. The van der Waals surface area contributed by atoms with Crippen LogP contribution in [0.5, 0.6) is 0 Å². The van der Waals surface area contributed by atoms with Gasteiger partial charge in [-0.15, -0.1) is 0 Å². The van der Waals surface area contributed by atoms with Gasteiger partial charge in [-0.2, -0.15) is 0 Å². The van der Waals surface area contributed by atoms with Gasteiger partial charge in [-0.3, -0.25) is 0 Å². The van der Waals surface area contributed by atoms with Gasteiger partial charge >= 0.3 is 0 Å². The van der Waals surface area contributed by atoms with Crippen LogP contribution in [0.3, 0.4) is 0 Å². The van der Waals surface area contributed by atoms with Crippen LogP contribution in [0.4, 0.5) is 0 Å². The zero-order chi connectivity index (χ0) is 15.1. The lowest BCUT2D eigenvalue weighted by Crippen LogP contribution is -2.41. The molecule has 2 rings (SSSR count). The van der Waals surface area contributed by atoms with E-state index < -0.39 is 0 Å². The third-order valence-electron chi connectivity index (χ3n) is 3.33. The number of benzene rings is 2. The second-order valence-corrected chi connectivity index (χ2v) is 5.24. The molecule has 21 heavy (non-hydrogen) atoms. The predicted octanol–water partition coefficient (Wildman–Crippen LogP) is 2.91. The van der Waals surface area contributed by atoms with Gasteiger partial charge < -0.3 is 16.4 Å². The Morgan fingerprint density at radius 1 is 1.00 bits per heavy atom. The highest BCUT2D eigenvalue weighted by atomic mass is 32.1. The van der Waals surface area contributed by atoms with Crippen LogP contribution in [-0.2, 0) is 0 Å². The lowest BCUT2D eigenvalue weighted by atomic mass is 9.94. The minimum Gasteiger partial charge on any atom is -0.363 e. The monoisotopic (exact) mass is 299 g/mol. The minimum atomic E-state index is -0.176. The van der Waals surface area contributed by atoms with Gasteiger partial charge in [-0.25, -0.2) is 0 Å². The van der Waals surface area contributed by atoms with Gasteiger partial charge in [0.2, 0.25) is 0 Å². The molecule has 3 nitrogen and oxygen atoms in total. The van der Waals surface area contributed by atoms with E-state index in [1.165, 1.54) is 0 Å². The van der Waals surface area contributed by atoms with Gasteiger partial charge in [0.1, 0.15) is 0 Å². The Morgan fingerprint density at radius 3 is 2.05 bits per heavy atom. The van der Waals surface area contributed by atoms with Crippen molar-refractivity contribution in [3.63, 3.8) is 0 Å². The number of nitrogens with two attached hydrogens (primary N) is 1. The van der Waals surface area contributed by atoms with Crippen molar-refractivity contribution in [2.75, 3.05) is 6.54 Å². The Morgan fingerprint density at radius 2 is 1.52 bits per heavy atom. The van der Waals surface area contributed by atoms with E-state index in [4.69, 9.17) is 18.0 Å². The molecule has 0 bridgehead atoms. The highest BCUT2D eigenvalue weighted by Gasteiger charge is 2.21. The minimum absolute atomic E-state index is 0.0693. The van der Waals surface area contributed by atoms with Gasteiger partial charge in [0.05, 0.1) is 12.1 Å². The highest BCUT2D eigenvalue weighted by Crippen LogP contribution is 2.26. The van der Waals surface area contributed by atoms with Crippen molar-refractivity contribution in [2.24, 2.45) is 5.73 Å². The van der Waals surface area contributed by atoms with E-state index in [0.29, 0.717) is 5.11 Å². The molecule has 0 fully saturated rings. The van der Waals surface area contributed by atoms with Crippen LogP contribution in [0, 0.1) is 0 Å². The fourth-order valence-corrected chi connectivity index (χ4v) is 2.53. The summed E-state index contributed by atoms with van der Waals surface area (Å²) < 4.78 is 0. The molecular formula is C17H21N3S. The number of nitrogens with one attached hydrogen (secondary N) is 2. The molecule has 0 saturated carbocycles. The zero-order valence-electron chi connectivity index (χ0n) is 12.1. The molecule has 0 spiro atoms. The molecule has 2 aromatic rings. The summed E-state index contributed by atoms with van der Waals surface area (Å²) >= 11 is 5.32. The first-order valence-electron chi connectivity index (χ1n) is 7.12. The van der Waals surface area contributed by atoms with Gasteiger partial charge in [0, 0.05) is 6.54 Å². The molecule has 4 heteroatoms. The van der Waals surface area contributed by atoms with Crippen molar-refractivity contribution < 1.29 is 0 Å². The molecule has 0 amide bonds. The average Bonchev–Trinajstić information content (AvgIpc) is 2.54. The summed E-state index contributed by atoms with van der Waals surface area (Å²) in [4.78, 5) is 0. The first-order valence-corrected chi connectivity index (χ1v) is 7.53. The maximum atomic E-state index is 6.47. The average molecular weight is 299 g/mol. The number of rotatable bonds is 5. The van der Waals surface area contributed by atoms with E-state index >= 15 is 0 Å². The molecule has 0 heterocycles. The lowest BCUT2D eigenvalue weighted by Gasteiger charge is -2.27. The SMILES string of the molecule is CCNC(=S)N[C@@H](c1ccccc1)[C@@H](N)c1ccccc1. The largest absolute Gasteiger partial charge is 0.363 e. The van der Waals surface area contributed by atoms with E-state index in [-0.39, 0.29) is 12.1 Å². The van der Waals surface area contributed by atoms with Crippen molar-refractivity contribution in [2.45, 2.75) is 19.0 Å². The molecule has 0 radical (unpaired) electrons. The normalized spacial score (nSPS) is 13.2. The second-order valence-electron chi connectivity index (χ2n) is 4.83. The molecule has 2 aromatic carbocycles. The van der Waals surface area contributed by atoms with E-state index in [1.54, 1.807) is 0 Å². The van der Waals surface area contributed by atoms with Crippen molar-refractivity contribution in [3.05, 3.63) is 71.8 Å². The Balaban J connectivity index is 2.25. The standard InChI is InChI=1S/C17H21N3S/c1-2-19-17(21)20-16(14-11-7-4-8-12-14)15(18)13-9-5-3-6-10-13/h3-12,15-16H,2,18H2,1H3,(H2,19,20,21)/t15-,16-/m0/s1. The van der Waals surface area contributed by atoms with Crippen LogP contribution in [0.15, 0.2) is 60.7 Å². The summed E-state index contributed by atoms with van der Waals surface area (Å²) in [6.07, 6.45) is 0. The Kier molecular flexibility index (Phi) is 5.72. The van der Waals surface area contributed by atoms with Crippen molar-refractivity contribution in [3.8, 4) is 0 Å². The maximum absolute atomic E-state index is 6.47. The van der Waals surface area contributed by atoms with E-state index in [0.717, 1.165) is 17.7 Å². The molecule has 0 aromatic heterocycles. The molecule has 2 atom stereocenters. The van der Waals surface area contributed by atoms with Crippen LogP contribution in [0.25, 0.3) is 0 Å². The quantitative estimate of drug-likeness (QED) is 0.743. The van der Waals surface area contributed by atoms with Gasteiger partial charge in [-0.1, -0.05) is 60.7 Å². The summed E-state index contributed by atoms with van der Waals surface area (Å²) in [7, 11) is 0. The molecule has 0 aliphatic rings. The Bertz CT molecular complexity index is 557.